The molecule has 3 aromatic carbocycles. The van der Waals surface area contributed by atoms with Crippen LogP contribution in [0.4, 0.5) is 0 Å². The smallest absolute Gasteiger partial charge is 0.226 e. The Morgan fingerprint density at radius 3 is 1.97 bits per heavy atom. The number of pyridine rings is 2. The average molecular weight is 618 g/mol. The molecule has 0 saturated heterocycles. The van der Waals surface area contributed by atoms with E-state index in [1.54, 1.807) is 12.4 Å². The molecule has 1 radical (unpaired) electrons. The van der Waals surface area contributed by atoms with E-state index in [2.05, 4.69) is 27.1 Å². The maximum Gasteiger partial charge on any atom is 0.226 e. The van der Waals surface area contributed by atoms with Crippen LogP contribution in [0, 0.1) is 12.1 Å². The Morgan fingerprint density at radius 2 is 1.29 bits per heavy atom. The summed E-state index contributed by atoms with van der Waals surface area (Å²) < 4.78 is 5.80. The number of benzene rings is 3. The zero-order chi connectivity index (χ0) is 22.3. The van der Waals surface area contributed by atoms with Crippen molar-refractivity contribution < 1.29 is 24.5 Å². The van der Waals surface area contributed by atoms with Gasteiger partial charge in [0.2, 0.25) is 5.89 Å². The van der Waals surface area contributed by atoms with Gasteiger partial charge < -0.3 is 14.4 Å². The third kappa shape index (κ3) is 5.52. The summed E-state index contributed by atoms with van der Waals surface area (Å²) in [5.41, 5.74) is 6.38. The summed E-state index contributed by atoms with van der Waals surface area (Å²) >= 11 is 0. The molecule has 0 aliphatic heterocycles. The van der Waals surface area contributed by atoms with Crippen molar-refractivity contribution in [3.05, 3.63) is 128 Å². The molecule has 6 aromatic rings. The fourth-order valence-corrected chi connectivity index (χ4v) is 3.33. The van der Waals surface area contributed by atoms with E-state index in [1.807, 2.05) is 103 Å². The monoisotopic (exact) mass is 618 g/mol. The molecule has 167 valence electrons. The van der Waals surface area contributed by atoms with Gasteiger partial charge in [0, 0.05) is 38.1 Å². The molecule has 0 aliphatic rings. The molecule has 0 atom stereocenters. The molecule has 6 rings (SSSR count). The largest absolute Gasteiger partial charge is 0.436 e. The van der Waals surface area contributed by atoms with Gasteiger partial charge in [0.05, 0.1) is 0 Å². The van der Waals surface area contributed by atoms with Gasteiger partial charge >= 0.3 is 0 Å². The molecule has 5 heteroatoms. The molecule has 0 N–H and O–H groups in total. The Kier molecular flexibility index (Phi) is 7.71. The zero-order valence-electron chi connectivity index (χ0n) is 18.1. The van der Waals surface area contributed by atoms with Crippen molar-refractivity contribution >= 4 is 11.1 Å². The molecule has 0 fully saturated rings. The SMILES string of the molecule is [Ir].[c-]1ccccc1-c1cc(-c2nc3ccccc3o2)ccn1.[c-]1ccccc1-c1ccccn1. The van der Waals surface area contributed by atoms with Gasteiger partial charge in [-0.3, -0.25) is 0 Å². The topological polar surface area (TPSA) is 51.8 Å². The van der Waals surface area contributed by atoms with Crippen LogP contribution in [0.25, 0.3) is 45.1 Å². The minimum Gasteiger partial charge on any atom is -0.436 e. The van der Waals surface area contributed by atoms with E-state index in [0.29, 0.717) is 5.89 Å². The maximum atomic E-state index is 5.80. The molecule has 0 spiro atoms. The summed E-state index contributed by atoms with van der Waals surface area (Å²) in [6.45, 7) is 0. The Bertz CT molecular complexity index is 1380. The first-order chi connectivity index (χ1) is 16.4. The van der Waals surface area contributed by atoms with E-state index >= 15 is 0 Å². The Morgan fingerprint density at radius 1 is 0.618 bits per heavy atom. The van der Waals surface area contributed by atoms with E-state index < -0.39 is 0 Å². The Labute approximate surface area is 211 Å². The van der Waals surface area contributed by atoms with Gasteiger partial charge in [0.1, 0.15) is 5.52 Å². The summed E-state index contributed by atoms with van der Waals surface area (Å²) in [5.74, 6) is 0.607. The van der Waals surface area contributed by atoms with Crippen LogP contribution in [0.2, 0.25) is 0 Å². The van der Waals surface area contributed by atoms with E-state index in [9.17, 15) is 0 Å². The first-order valence-electron chi connectivity index (χ1n) is 10.5. The second kappa shape index (κ2) is 11.3. The zero-order valence-corrected chi connectivity index (χ0v) is 20.4. The number of nitrogens with zero attached hydrogens (tertiary/aromatic N) is 3. The van der Waals surface area contributed by atoms with Crippen molar-refractivity contribution in [2.75, 3.05) is 0 Å². The predicted octanol–water partition coefficient (Wildman–Crippen LogP) is 6.90. The third-order valence-electron chi connectivity index (χ3n) is 4.94. The molecule has 4 nitrogen and oxygen atoms in total. The minimum atomic E-state index is 0. The van der Waals surface area contributed by atoms with Crippen molar-refractivity contribution in [2.24, 2.45) is 0 Å². The van der Waals surface area contributed by atoms with Crippen LogP contribution < -0.4 is 0 Å². The molecule has 0 amide bonds. The van der Waals surface area contributed by atoms with Gasteiger partial charge in [0.25, 0.3) is 0 Å². The normalized spacial score (nSPS) is 10.1. The molecule has 3 heterocycles. The Balaban J connectivity index is 0.000000180. The van der Waals surface area contributed by atoms with E-state index in [0.717, 1.165) is 39.2 Å². The molecular formula is C29H19IrN3O-2. The van der Waals surface area contributed by atoms with Crippen molar-refractivity contribution in [1.82, 2.24) is 15.0 Å². The van der Waals surface area contributed by atoms with Crippen LogP contribution in [0.1, 0.15) is 0 Å². The number of rotatable bonds is 3. The van der Waals surface area contributed by atoms with Crippen molar-refractivity contribution in [1.29, 1.82) is 0 Å². The quantitative estimate of drug-likeness (QED) is 0.203. The summed E-state index contributed by atoms with van der Waals surface area (Å²) in [4.78, 5) is 13.1. The van der Waals surface area contributed by atoms with E-state index in [1.165, 1.54) is 0 Å². The maximum absolute atomic E-state index is 5.80. The molecule has 0 saturated carbocycles. The van der Waals surface area contributed by atoms with Crippen molar-refractivity contribution in [2.45, 2.75) is 0 Å². The molecule has 0 bridgehead atoms. The fraction of sp³-hybridized carbons (Fsp3) is 0. The van der Waals surface area contributed by atoms with Gasteiger partial charge in [-0.2, -0.15) is 0 Å². The summed E-state index contributed by atoms with van der Waals surface area (Å²) in [6.07, 6.45) is 3.55. The second-order valence-corrected chi connectivity index (χ2v) is 7.18. The van der Waals surface area contributed by atoms with E-state index in [4.69, 9.17) is 4.42 Å². The molecule has 34 heavy (non-hydrogen) atoms. The van der Waals surface area contributed by atoms with Crippen molar-refractivity contribution in [3.63, 3.8) is 0 Å². The first kappa shape index (κ1) is 23.2. The number of fused-ring (bicyclic) bond motifs is 1. The number of para-hydroxylation sites is 2. The van der Waals surface area contributed by atoms with Crippen LogP contribution in [-0.2, 0) is 20.1 Å². The van der Waals surface area contributed by atoms with Crippen LogP contribution >= 0.6 is 0 Å². The van der Waals surface area contributed by atoms with E-state index in [-0.39, 0.29) is 20.1 Å². The van der Waals surface area contributed by atoms with Gasteiger partial charge in [-0.05, 0) is 35.7 Å². The second-order valence-electron chi connectivity index (χ2n) is 7.18. The van der Waals surface area contributed by atoms with Gasteiger partial charge in [-0.1, -0.05) is 30.3 Å². The number of hydrogen-bond acceptors (Lipinski definition) is 4. The summed E-state index contributed by atoms with van der Waals surface area (Å²) in [5, 5.41) is 0. The van der Waals surface area contributed by atoms with Gasteiger partial charge in [0.15, 0.2) is 5.58 Å². The third-order valence-corrected chi connectivity index (χ3v) is 4.94. The number of aromatic nitrogens is 3. The van der Waals surface area contributed by atoms with Crippen LogP contribution in [0.5, 0.6) is 0 Å². The van der Waals surface area contributed by atoms with Crippen molar-refractivity contribution in [3.8, 4) is 34.0 Å². The summed E-state index contributed by atoms with van der Waals surface area (Å²) in [6, 6.07) is 39.4. The van der Waals surface area contributed by atoms with Crippen LogP contribution in [0.15, 0.2) is 120 Å². The first-order valence-corrected chi connectivity index (χ1v) is 10.5. The fourth-order valence-electron chi connectivity index (χ4n) is 3.33. The van der Waals surface area contributed by atoms with Gasteiger partial charge in [-0.15, -0.1) is 71.8 Å². The number of hydrogen-bond donors (Lipinski definition) is 0. The minimum absolute atomic E-state index is 0. The van der Waals surface area contributed by atoms with Crippen LogP contribution in [-0.4, -0.2) is 15.0 Å². The molecule has 0 aliphatic carbocycles. The standard InChI is InChI=1S/C18H11N2O.C11H8N.Ir/c1-2-6-13(7-3-1)16-12-14(10-11-19-16)18-20-15-8-4-5-9-17(15)21-18;1-2-6-10(7-3-1)11-8-4-5-9-12-11;/h1-6,8-12H;1-6,8-9H;/q2*-1;. The summed E-state index contributed by atoms with van der Waals surface area (Å²) in [7, 11) is 0. The molecular weight excluding hydrogens is 599 g/mol. The average Bonchev–Trinajstić information content (AvgIpc) is 3.35. The number of oxazole rings is 1. The van der Waals surface area contributed by atoms with Crippen LogP contribution in [0.3, 0.4) is 0 Å². The Hall–Kier alpha value is -3.92. The molecule has 0 unspecified atom stereocenters. The van der Waals surface area contributed by atoms with Gasteiger partial charge in [-0.25, -0.2) is 4.98 Å². The predicted molar refractivity (Wildman–Crippen MR) is 130 cm³/mol. The molecule has 3 aromatic heterocycles.